The molecule has 4 aromatic rings. The zero-order valence-corrected chi connectivity index (χ0v) is 19.1. The van der Waals surface area contributed by atoms with Gasteiger partial charge in [0, 0.05) is 16.6 Å². The average Bonchev–Trinajstić information content (AvgIpc) is 3.40. The molecule has 2 aromatic carbocycles. The van der Waals surface area contributed by atoms with Crippen molar-refractivity contribution >= 4 is 56.3 Å². The van der Waals surface area contributed by atoms with Crippen LogP contribution in [0, 0.1) is 19.7 Å². The van der Waals surface area contributed by atoms with Gasteiger partial charge in [-0.1, -0.05) is 35.2 Å². The summed E-state index contributed by atoms with van der Waals surface area (Å²) in [5.74, 6) is -0.276. The molecule has 0 aliphatic heterocycles. The summed E-state index contributed by atoms with van der Waals surface area (Å²) in [5, 5.41) is 17.4. The maximum atomic E-state index is 13.1. The molecule has 0 saturated carbocycles. The van der Waals surface area contributed by atoms with Gasteiger partial charge in [0.2, 0.25) is 11.0 Å². The quantitative estimate of drug-likeness (QED) is 0.327. The van der Waals surface area contributed by atoms with Crippen LogP contribution in [0.4, 0.5) is 20.3 Å². The Morgan fingerprint density at radius 2 is 1.90 bits per heavy atom. The highest BCUT2D eigenvalue weighted by Gasteiger charge is 2.12. The smallest absolute Gasteiger partial charge is 0.236 e. The lowest BCUT2D eigenvalue weighted by Crippen LogP contribution is -2.13. The molecule has 4 rings (SSSR count). The molecule has 2 aromatic heterocycles. The van der Waals surface area contributed by atoms with E-state index < -0.39 is 0 Å². The second-order valence-corrected chi connectivity index (χ2v) is 9.69. The number of amides is 1. The number of hydrogen-bond acceptors (Lipinski definition) is 8. The van der Waals surface area contributed by atoms with E-state index >= 15 is 0 Å². The van der Waals surface area contributed by atoms with Gasteiger partial charge in [0.1, 0.15) is 5.82 Å². The number of hydrogen-bond donors (Lipinski definition) is 2. The van der Waals surface area contributed by atoms with E-state index in [-0.39, 0.29) is 17.5 Å². The van der Waals surface area contributed by atoms with E-state index in [1.807, 2.05) is 17.5 Å². The molecule has 158 valence electrons. The molecule has 0 fully saturated rings. The molecule has 0 unspecified atom stereocenters. The van der Waals surface area contributed by atoms with Crippen LogP contribution in [0.2, 0.25) is 0 Å². The number of aromatic nitrogens is 3. The Labute approximate surface area is 191 Å². The summed E-state index contributed by atoms with van der Waals surface area (Å²) < 4.78 is 13.8. The fourth-order valence-electron chi connectivity index (χ4n) is 2.69. The van der Waals surface area contributed by atoms with Crippen molar-refractivity contribution < 1.29 is 9.18 Å². The molecule has 0 aliphatic carbocycles. The highest BCUT2D eigenvalue weighted by molar-refractivity contribution is 8.01. The third-order valence-corrected chi connectivity index (χ3v) is 7.20. The molecule has 10 heteroatoms. The van der Waals surface area contributed by atoms with E-state index in [2.05, 4.69) is 45.7 Å². The third kappa shape index (κ3) is 5.46. The first-order valence-corrected chi connectivity index (χ1v) is 12.0. The molecule has 1 amide bonds. The number of carbonyl (C=O) groups excluding carboxylic acids is 1. The number of nitrogens with one attached hydrogen (secondary N) is 2. The number of carbonyl (C=O) groups is 1. The number of rotatable bonds is 7. The first kappa shape index (κ1) is 21.4. The highest BCUT2D eigenvalue weighted by atomic mass is 32.2. The lowest BCUT2D eigenvalue weighted by molar-refractivity contribution is -0.113. The van der Waals surface area contributed by atoms with Gasteiger partial charge >= 0.3 is 0 Å². The third-order valence-electron chi connectivity index (χ3n) is 4.47. The summed E-state index contributed by atoms with van der Waals surface area (Å²) in [7, 11) is 0. The Hall–Kier alpha value is -2.82. The summed E-state index contributed by atoms with van der Waals surface area (Å²) >= 11 is 4.04. The maximum absolute atomic E-state index is 13.1. The van der Waals surface area contributed by atoms with Gasteiger partial charge in [0.15, 0.2) is 9.47 Å². The van der Waals surface area contributed by atoms with Gasteiger partial charge in [0.05, 0.1) is 11.4 Å². The molecule has 0 saturated heterocycles. The van der Waals surface area contributed by atoms with Crippen molar-refractivity contribution in [1.82, 2.24) is 15.2 Å². The van der Waals surface area contributed by atoms with E-state index in [9.17, 15) is 9.18 Å². The van der Waals surface area contributed by atoms with Crippen molar-refractivity contribution in [3.63, 3.8) is 0 Å². The molecule has 0 bridgehead atoms. The molecule has 0 radical (unpaired) electrons. The molecule has 2 heterocycles. The predicted octanol–water partition coefficient (Wildman–Crippen LogP) is 5.89. The SMILES string of the molecule is Cc1cccc(Nc2nnc(SCC(=O)Nc3nc(-c4ccc(F)cc4)cs3)s2)c1C. The number of benzene rings is 2. The Bertz CT molecular complexity index is 1210. The number of thioether (sulfide) groups is 1. The minimum absolute atomic E-state index is 0.177. The Balaban J connectivity index is 1.30. The van der Waals surface area contributed by atoms with Crippen molar-refractivity contribution in [3.8, 4) is 11.3 Å². The molecular formula is C21H18FN5OS3. The molecule has 6 nitrogen and oxygen atoms in total. The van der Waals surface area contributed by atoms with E-state index in [1.165, 1.54) is 52.1 Å². The van der Waals surface area contributed by atoms with Crippen LogP contribution in [0.3, 0.4) is 0 Å². The van der Waals surface area contributed by atoms with Gasteiger partial charge in [-0.3, -0.25) is 4.79 Å². The van der Waals surface area contributed by atoms with E-state index in [4.69, 9.17) is 0 Å². The minimum atomic E-state index is -0.298. The summed E-state index contributed by atoms with van der Waals surface area (Å²) in [6.07, 6.45) is 0. The Morgan fingerprint density at radius 1 is 1.10 bits per heavy atom. The highest BCUT2D eigenvalue weighted by Crippen LogP contribution is 2.30. The lowest BCUT2D eigenvalue weighted by atomic mass is 10.1. The molecule has 0 aliphatic rings. The van der Waals surface area contributed by atoms with Gasteiger partial charge in [-0.15, -0.1) is 21.5 Å². The fraction of sp³-hybridized carbons (Fsp3) is 0.143. The van der Waals surface area contributed by atoms with Crippen LogP contribution in [0.5, 0.6) is 0 Å². The molecule has 0 spiro atoms. The summed E-state index contributed by atoms with van der Waals surface area (Å²) in [4.78, 5) is 16.7. The van der Waals surface area contributed by atoms with Gasteiger partial charge < -0.3 is 10.6 Å². The maximum Gasteiger partial charge on any atom is 0.236 e. The van der Waals surface area contributed by atoms with Crippen LogP contribution in [-0.4, -0.2) is 26.8 Å². The van der Waals surface area contributed by atoms with Crippen LogP contribution < -0.4 is 10.6 Å². The minimum Gasteiger partial charge on any atom is -0.330 e. The molecule has 31 heavy (non-hydrogen) atoms. The Kier molecular flexibility index (Phi) is 6.59. The Morgan fingerprint density at radius 3 is 2.71 bits per heavy atom. The van der Waals surface area contributed by atoms with Crippen molar-refractivity contribution in [2.24, 2.45) is 0 Å². The van der Waals surface area contributed by atoms with Crippen LogP contribution >= 0.6 is 34.4 Å². The van der Waals surface area contributed by atoms with Gasteiger partial charge in [-0.2, -0.15) is 0 Å². The summed E-state index contributed by atoms with van der Waals surface area (Å²) in [6.45, 7) is 4.12. The average molecular weight is 472 g/mol. The topological polar surface area (TPSA) is 79.8 Å². The van der Waals surface area contributed by atoms with Crippen LogP contribution in [0.25, 0.3) is 11.3 Å². The van der Waals surface area contributed by atoms with Crippen molar-refractivity contribution in [1.29, 1.82) is 0 Å². The molecule has 0 atom stereocenters. The first-order chi connectivity index (χ1) is 15.0. The monoisotopic (exact) mass is 471 g/mol. The summed E-state index contributed by atoms with van der Waals surface area (Å²) in [6, 6.07) is 12.1. The second kappa shape index (κ2) is 9.54. The van der Waals surface area contributed by atoms with E-state index in [1.54, 1.807) is 12.1 Å². The number of nitrogens with zero attached hydrogens (tertiary/aromatic N) is 3. The fourth-order valence-corrected chi connectivity index (χ4v) is 4.99. The number of aryl methyl sites for hydroxylation is 1. The van der Waals surface area contributed by atoms with E-state index in [0.717, 1.165) is 16.8 Å². The van der Waals surface area contributed by atoms with Gasteiger partial charge in [-0.25, -0.2) is 9.37 Å². The van der Waals surface area contributed by atoms with Crippen molar-refractivity contribution in [3.05, 3.63) is 64.8 Å². The van der Waals surface area contributed by atoms with Gasteiger partial charge in [-0.05, 0) is 55.3 Å². The number of thiazole rings is 1. The second-order valence-electron chi connectivity index (χ2n) is 6.63. The summed E-state index contributed by atoms with van der Waals surface area (Å²) in [5.41, 5.74) is 4.84. The van der Waals surface area contributed by atoms with Crippen LogP contribution in [0.1, 0.15) is 11.1 Å². The number of halogens is 1. The van der Waals surface area contributed by atoms with Crippen LogP contribution in [-0.2, 0) is 4.79 Å². The molecular weight excluding hydrogens is 453 g/mol. The number of anilines is 3. The molecule has 2 N–H and O–H groups in total. The van der Waals surface area contributed by atoms with Crippen LogP contribution in [0.15, 0.2) is 52.2 Å². The van der Waals surface area contributed by atoms with Crippen molar-refractivity contribution in [2.75, 3.05) is 16.4 Å². The lowest BCUT2D eigenvalue weighted by Gasteiger charge is -2.08. The largest absolute Gasteiger partial charge is 0.330 e. The van der Waals surface area contributed by atoms with E-state index in [0.29, 0.717) is 20.3 Å². The normalized spacial score (nSPS) is 10.8. The standard InChI is InChI=1S/C21H18FN5OS3/c1-12-4-3-5-16(13(12)2)23-20-26-27-21(31-20)30-11-18(28)25-19-24-17(10-29-19)14-6-8-15(22)9-7-14/h3-10H,11H2,1-2H3,(H,23,26)(H,24,25,28). The van der Waals surface area contributed by atoms with Crippen molar-refractivity contribution in [2.45, 2.75) is 18.2 Å². The zero-order chi connectivity index (χ0) is 21.8. The predicted molar refractivity (Wildman–Crippen MR) is 126 cm³/mol. The van der Waals surface area contributed by atoms with Gasteiger partial charge in [0.25, 0.3) is 0 Å². The first-order valence-electron chi connectivity index (χ1n) is 9.29. The zero-order valence-electron chi connectivity index (χ0n) is 16.7.